The Labute approximate surface area is 142 Å². The number of aryl methyl sites for hydroxylation is 1. The molecule has 0 atom stereocenters. The van der Waals surface area contributed by atoms with Gasteiger partial charge in [0.25, 0.3) is 0 Å². The Morgan fingerprint density at radius 2 is 1.76 bits per heavy atom. The molecular formula is C18H15N5O2. The minimum absolute atomic E-state index is 0.158. The van der Waals surface area contributed by atoms with Crippen LogP contribution in [-0.4, -0.2) is 30.6 Å². The van der Waals surface area contributed by atoms with Gasteiger partial charge in [-0.2, -0.15) is 9.36 Å². The molecule has 0 spiro atoms. The summed E-state index contributed by atoms with van der Waals surface area (Å²) in [7, 11) is 0. The van der Waals surface area contributed by atoms with Crippen LogP contribution in [0.15, 0.2) is 59.4 Å². The second-order valence-corrected chi connectivity index (χ2v) is 5.76. The fourth-order valence-electron chi connectivity index (χ4n) is 2.96. The number of ketones is 1. The monoisotopic (exact) mass is 333 g/mol. The van der Waals surface area contributed by atoms with Crippen LogP contribution in [0.1, 0.15) is 16.1 Å². The maximum absolute atomic E-state index is 12.8. The van der Waals surface area contributed by atoms with Gasteiger partial charge >= 0.3 is 5.69 Å². The Hall–Kier alpha value is -3.48. The molecule has 0 amide bonds. The number of nitrogens with one attached hydrogen (secondary N) is 1. The summed E-state index contributed by atoms with van der Waals surface area (Å²) in [5.41, 5.74) is 2.40. The van der Waals surface area contributed by atoms with Crippen molar-refractivity contribution in [2.75, 3.05) is 0 Å². The first-order valence-corrected chi connectivity index (χ1v) is 7.84. The summed E-state index contributed by atoms with van der Waals surface area (Å²) >= 11 is 0. The van der Waals surface area contributed by atoms with Gasteiger partial charge in [0.1, 0.15) is 6.54 Å². The van der Waals surface area contributed by atoms with Crippen LogP contribution < -0.4 is 5.69 Å². The third-order valence-electron chi connectivity index (χ3n) is 4.11. The standard InChI is InChI=1S/C18H15N5O2/c1-12-17(14-9-5-6-10-15(14)19-12)16(24)11-22-18(25)23(21-20-22)13-7-3-2-4-8-13/h2-10,19H,11H2,1H3. The number of carbonyl (C=O) groups is 1. The molecule has 0 radical (unpaired) electrons. The number of rotatable bonds is 4. The average molecular weight is 333 g/mol. The van der Waals surface area contributed by atoms with E-state index in [2.05, 4.69) is 15.4 Å². The van der Waals surface area contributed by atoms with Gasteiger partial charge in [-0.05, 0) is 35.5 Å². The van der Waals surface area contributed by atoms with Crippen LogP contribution in [0.25, 0.3) is 16.6 Å². The lowest BCUT2D eigenvalue weighted by Gasteiger charge is -2.00. The smallest absolute Gasteiger partial charge is 0.358 e. The average Bonchev–Trinajstić information content (AvgIpc) is 3.15. The second kappa shape index (κ2) is 5.86. The van der Waals surface area contributed by atoms with Crippen LogP contribution in [0.2, 0.25) is 0 Å². The number of aromatic nitrogens is 5. The van der Waals surface area contributed by atoms with Gasteiger partial charge in [0.2, 0.25) is 0 Å². The second-order valence-electron chi connectivity index (χ2n) is 5.76. The number of H-pyrrole nitrogens is 1. The number of carbonyl (C=O) groups excluding carboxylic acids is 1. The van der Waals surface area contributed by atoms with Gasteiger partial charge in [-0.3, -0.25) is 4.79 Å². The highest BCUT2D eigenvalue weighted by Gasteiger charge is 2.18. The van der Waals surface area contributed by atoms with Crippen LogP contribution in [0.5, 0.6) is 0 Å². The molecule has 124 valence electrons. The molecule has 0 aliphatic rings. The lowest BCUT2D eigenvalue weighted by molar-refractivity contribution is 0.0966. The fourth-order valence-corrected chi connectivity index (χ4v) is 2.96. The van der Waals surface area contributed by atoms with Gasteiger partial charge in [0.15, 0.2) is 5.78 Å². The highest BCUT2D eigenvalue weighted by atomic mass is 16.2. The van der Waals surface area contributed by atoms with E-state index < -0.39 is 5.69 Å². The van der Waals surface area contributed by atoms with Gasteiger partial charge in [0, 0.05) is 22.2 Å². The summed E-state index contributed by atoms with van der Waals surface area (Å²) < 4.78 is 2.26. The molecule has 2 aromatic heterocycles. The SMILES string of the molecule is Cc1[nH]c2ccccc2c1C(=O)Cn1nnn(-c2ccccc2)c1=O. The molecule has 1 N–H and O–H groups in total. The van der Waals surface area contributed by atoms with Gasteiger partial charge in [-0.15, -0.1) is 0 Å². The minimum Gasteiger partial charge on any atom is -0.358 e. The molecule has 0 aliphatic carbocycles. The zero-order valence-corrected chi connectivity index (χ0v) is 13.5. The predicted molar refractivity (Wildman–Crippen MR) is 93.0 cm³/mol. The van der Waals surface area contributed by atoms with Crippen LogP contribution in [-0.2, 0) is 6.54 Å². The molecule has 0 aliphatic heterocycles. The van der Waals surface area contributed by atoms with Crippen molar-refractivity contribution in [2.24, 2.45) is 0 Å². The molecule has 2 heterocycles. The Morgan fingerprint density at radius 3 is 2.56 bits per heavy atom. The van der Waals surface area contributed by atoms with E-state index in [0.29, 0.717) is 11.3 Å². The fraction of sp³-hybridized carbons (Fsp3) is 0.111. The molecule has 0 saturated carbocycles. The van der Waals surface area contributed by atoms with E-state index in [1.807, 2.05) is 37.3 Å². The molecular weight excluding hydrogens is 318 g/mol. The molecule has 0 fully saturated rings. The summed E-state index contributed by atoms with van der Waals surface area (Å²) in [5, 5.41) is 8.54. The first kappa shape index (κ1) is 15.1. The van der Waals surface area contributed by atoms with Gasteiger partial charge in [0.05, 0.1) is 5.69 Å². The Balaban J connectivity index is 1.69. The van der Waals surface area contributed by atoms with Crippen molar-refractivity contribution in [3.63, 3.8) is 0 Å². The number of hydrogen-bond donors (Lipinski definition) is 1. The third kappa shape index (κ3) is 2.55. The molecule has 4 rings (SSSR count). The highest BCUT2D eigenvalue weighted by Crippen LogP contribution is 2.22. The Bertz CT molecular complexity index is 1120. The van der Waals surface area contributed by atoms with Crippen molar-refractivity contribution in [1.82, 2.24) is 24.8 Å². The Kier molecular flexibility index (Phi) is 3.53. The van der Waals surface area contributed by atoms with E-state index in [4.69, 9.17) is 0 Å². The van der Waals surface area contributed by atoms with E-state index in [1.54, 1.807) is 24.3 Å². The molecule has 7 heteroatoms. The van der Waals surface area contributed by atoms with Crippen molar-refractivity contribution in [3.8, 4) is 5.69 Å². The van der Waals surface area contributed by atoms with Crippen molar-refractivity contribution in [1.29, 1.82) is 0 Å². The van der Waals surface area contributed by atoms with Crippen molar-refractivity contribution in [2.45, 2.75) is 13.5 Å². The molecule has 7 nitrogen and oxygen atoms in total. The molecule has 25 heavy (non-hydrogen) atoms. The minimum atomic E-state index is -0.447. The lowest BCUT2D eigenvalue weighted by atomic mass is 10.1. The van der Waals surface area contributed by atoms with Gasteiger partial charge < -0.3 is 4.98 Å². The maximum atomic E-state index is 12.8. The van der Waals surface area contributed by atoms with Crippen molar-refractivity contribution in [3.05, 3.63) is 76.3 Å². The van der Waals surface area contributed by atoms with Crippen molar-refractivity contribution < 1.29 is 4.79 Å². The van der Waals surface area contributed by atoms with E-state index in [0.717, 1.165) is 21.3 Å². The van der Waals surface area contributed by atoms with Crippen molar-refractivity contribution >= 4 is 16.7 Å². The van der Waals surface area contributed by atoms with E-state index in [-0.39, 0.29) is 12.3 Å². The molecule has 0 saturated heterocycles. The topological polar surface area (TPSA) is 85.6 Å². The summed E-state index contributed by atoms with van der Waals surface area (Å²) in [5.74, 6) is -0.183. The lowest BCUT2D eigenvalue weighted by Crippen LogP contribution is -2.27. The largest absolute Gasteiger partial charge is 0.368 e. The molecule has 0 unspecified atom stereocenters. The van der Waals surface area contributed by atoms with Crippen LogP contribution in [0, 0.1) is 6.92 Å². The zero-order valence-electron chi connectivity index (χ0n) is 13.5. The maximum Gasteiger partial charge on any atom is 0.368 e. The van der Waals surface area contributed by atoms with Crippen LogP contribution >= 0.6 is 0 Å². The number of para-hydroxylation sites is 2. The van der Waals surface area contributed by atoms with E-state index in [1.165, 1.54) is 4.68 Å². The number of Topliss-reactive ketones (excluding diaryl/α,β-unsaturated/α-hetero) is 1. The summed E-state index contributed by atoms with van der Waals surface area (Å²) in [6, 6.07) is 16.6. The first-order chi connectivity index (χ1) is 12.1. The highest BCUT2D eigenvalue weighted by molar-refractivity contribution is 6.09. The first-order valence-electron chi connectivity index (χ1n) is 7.84. The van der Waals surface area contributed by atoms with Gasteiger partial charge in [-0.1, -0.05) is 36.4 Å². The van der Waals surface area contributed by atoms with E-state index in [9.17, 15) is 9.59 Å². The van der Waals surface area contributed by atoms with Crippen LogP contribution in [0.4, 0.5) is 0 Å². The zero-order chi connectivity index (χ0) is 17.4. The number of fused-ring (bicyclic) bond motifs is 1. The van der Waals surface area contributed by atoms with Crippen LogP contribution in [0.3, 0.4) is 0 Å². The number of nitrogens with zero attached hydrogens (tertiary/aromatic N) is 4. The molecule has 2 aromatic carbocycles. The van der Waals surface area contributed by atoms with Gasteiger partial charge in [-0.25, -0.2) is 4.79 Å². The third-order valence-corrected chi connectivity index (χ3v) is 4.11. The quantitative estimate of drug-likeness (QED) is 0.580. The molecule has 0 bridgehead atoms. The Morgan fingerprint density at radius 1 is 1.04 bits per heavy atom. The number of hydrogen-bond acceptors (Lipinski definition) is 4. The number of aromatic amines is 1. The number of tetrazole rings is 1. The summed E-state index contributed by atoms with van der Waals surface area (Å²) in [6.45, 7) is 1.69. The normalized spacial score (nSPS) is 11.1. The summed E-state index contributed by atoms with van der Waals surface area (Å²) in [4.78, 5) is 28.4. The molecule has 4 aromatic rings. The number of benzene rings is 2. The summed E-state index contributed by atoms with van der Waals surface area (Å²) in [6.07, 6.45) is 0. The van der Waals surface area contributed by atoms with E-state index >= 15 is 0 Å². The predicted octanol–water partition coefficient (Wildman–Crippen LogP) is 2.10.